The van der Waals surface area contributed by atoms with Crippen LogP contribution in [0.2, 0.25) is 0 Å². The molecule has 4 aromatic rings. The first-order chi connectivity index (χ1) is 36.0. The summed E-state index contributed by atoms with van der Waals surface area (Å²) >= 11 is 1.36. The number of aliphatic hydroxyl groups is 1. The van der Waals surface area contributed by atoms with Gasteiger partial charge in [0.05, 0.1) is 28.7 Å². The van der Waals surface area contributed by atoms with Crippen molar-refractivity contribution >= 4 is 64.6 Å². The first kappa shape index (κ1) is 54.5. The number of rotatable bonds is 18. The summed E-state index contributed by atoms with van der Waals surface area (Å²) in [6.07, 6.45) is 6.26. The molecule has 0 radical (unpaired) electrons. The second-order valence-electron chi connectivity index (χ2n) is 19.3. The van der Waals surface area contributed by atoms with Crippen molar-refractivity contribution in [3.05, 3.63) is 123 Å². The molecular formula is C54H59F5N8O7S. The minimum atomic E-state index is -2.36. The smallest absolute Gasteiger partial charge is 0.314 e. The minimum Gasteiger partial charge on any atom is -0.420 e. The number of benzene rings is 3. The van der Waals surface area contributed by atoms with Gasteiger partial charge in [-0.2, -0.15) is 20.5 Å². The van der Waals surface area contributed by atoms with Crippen molar-refractivity contribution in [2.75, 3.05) is 43.8 Å². The maximum absolute atomic E-state index is 14.1. The van der Waals surface area contributed by atoms with Crippen LogP contribution in [0.4, 0.5) is 33.3 Å². The van der Waals surface area contributed by atoms with Crippen LogP contribution in [0.1, 0.15) is 108 Å². The third-order valence-corrected chi connectivity index (χ3v) is 15.2. The number of aliphatic hydroxyl groups excluding tert-OH is 1. The van der Waals surface area contributed by atoms with Crippen molar-refractivity contribution < 1.29 is 55.8 Å². The number of aliphatic imine (C=N–C) groups is 1. The Bertz CT molecular complexity index is 2860. The molecule has 1 aliphatic carbocycles. The van der Waals surface area contributed by atoms with Crippen molar-refractivity contribution in [2.45, 2.75) is 96.2 Å². The molecule has 2 fully saturated rings. The Hall–Kier alpha value is -6.71. The summed E-state index contributed by atoms with van der Waals surface area (Å²) in [5.41, 5.74) is 12.4. The molecular weight excluding hydrogens is 1000 g/mol. The molecule has 1 saturated carbocycles. The Morgan fingerprint density at radius 1 is 0.893 bits per heavy atom. The summed E-state index contributed by atoms with van der Waals surface area (Å²) in [6.45, 7) is 7.86. The highest BCUT2D eigenvalue weighted by Crippen LogP contribution is 2.37. The van der Waals surface area contributed by atoms with E-state index in [4.69, 9.17) is 5.73 Å². The van der Waals surface area contributed by atoms with Gasteiger partial charge in [0.2, 0.25) is 46.6 Å². The van der Waals surface area contributed by atoms with Crippen LogP contribution in [-0.2, 0) is 33.9 Å². The summed E-state index contributed by atoms with van der Waals surface area (Å²) < 4.78 is 73.3. The predicted molar refractivity (Wildman–Crippen MR) is 272 cm³/mol. The van der Waals surface area contributed by atoms with Crippen molar-refractivity contribution in [3.8, 4) is 5.75 Å². The number of aromatic nitrogens is 1. The van der Waals surface area contributed by atoms with Gasteiger partial charge in [0.15, 0.2) is 0 Å². The number of hydrogen-bond donors (Lipinski definition) is 4. The number of carbonyl (C=O) groups excluding carboxylic acids is 5. The molecule has 4 aliphatic rings. The van der Waals surface area contributed by atoms with Crippen molar-refractivity contribution in [3.63, 3.8) is 0 Å². The summed E-state index contributed by atoms with van der Waals surface area (Å²) in [4.78, 5) is 80.2. The van der Waals surface area contributed by atoms with Crippen LogP contribution in [0.15, 0.2) is 65.3 Å². The largest absolute Gasteiger partial charge is 0.420 e. The quantitative estimate of drug-likeness (QED) is 0.0189. The Morgan fingerprint density at radius 3 is 2.27 bits per heavy atom. The van der Waals surface area contributed by atoms with Gasteiger partial charge in [-0.1, -0.05) is 32.0 Å². The highest BCUT2D eigenvalue weighted by Gasteiger charge is 2.41. The molecule has 21 heteroatoms. The number of ether oxygens (including phenoxy) is 1. The molecule has 3 aromatic carbocycles. The molecule has 2 atom stereocenters. The number of nitrogens with zero attached hydrogens (tertiary/aromatic N) is 5. The lowest BCUT2D eigenvalue weighted by Crippen LogP contribution is -2.40. The zero-order valence-electron chi connectivity index (χ0n) is 41.6. The number of pyridine rings is 1. The minimum absolute atomic E-state index is 0.0618. The van der Waals surface area contributed by atoms with Crippen molar-refractivity contribution in [1.29, 1.82) is 0 Å². The van der Waals surface area contributed by atoms with Gasteiger partial charge in [-0.05, 0) is 92.0 Å². The van der Waals surface area contributed by atoms with E-state index >= 15 is 0 Å². The monoisotopic (exact) mass is 1060 g/mol. The van der Waals surface area contributed by atoms with Gasteiger partial charge in [0.25, 0.3) is 11.8 Å². The Morgan fingerprint density at radius 2 is 1.57 bits per heavy atom. The first-order valence-electron chi connectivity index (χ1n) is 25.2. The summed E-state index contributed by atoms with van der Waals surface area (Å²) in [7, 11) is 0. The predicted octanol–water partition coefficient (Wildman–Crippen LogP) is 7.81. The number of halogens is 5. The fourth-order valence-corrected chi connectivity index (χ4v) is 11.0. The molecule has 3 aliphatic heterocycles. The molecule has 2 unspecified atom stereocenters. The number of carbonyl (C=O) groups is 5. The Balaban J connectivity index is 0.758. The zero-order valence-corrected chi connectivity index (χ0v) is 42.4. The van der Waals surface area contributed by atoms with E-state index in [0.717, 1.165) is 42.6 Å². The van der Waals surface area contributed by atoms with Gasteiger partial charge in [-0.25, -0.2) is 18.2 Å². The van der Waals surface area contributed by atoms with E-state index in [2.05, 4.69) is 30.2 Å². The van der Waals surface area contributed by atoms with E-state index in [1.165, 1.54) is 16.7 Å². The number of nitrogens with two attached hydrogens (primary N) is 1. The molecule has 75 heavy (non-hydrogen) atoms. The van der Waals surface area contributed by atoms with Crippen LogP contribution in [0.25, 0.3) is 6.08 Å². The van der Waals surface area contributed by atoms with Gasteiger partial charge >= 0.3 is 5.97 Å². The summed E-state index contributed by atoms with van der Waals surface area (Å²) in [6, 6.07) is 14.4. The third kappa shape index (κ3) is 12.9. The molecule has 0 bridgehead atoms. The van der Waals surface area contributed by atoms with Crippen LogP contribution >= 0.6 is 11.8 Å². The fourth-order valence-electron chi connectivity index (χ4n) is 9.93. The number of fused-ring (bicyclic) bond motifs is 2. The van der Waals surface area contributed by atoms with Crippen LogP contribution in [-0.4, -0.2) is 110 Å². The van der Waals surface area contributed by atoms with E-state index in [9.17, 15) is 51.0 Å². The lowest BCUT2D eigenvalue weighted by molar-refractivity contribution is -0.141. The van der Waals surface area contributed by atoms with Crippen LogP contribution in [0, 0.1) is 40.9 Å². The SMILES string of the molecule is CCCN(CCC)C(=O)C1=Cc2ccc(C(=O)Nc3cnc4c(c3)CN(Cc3ccc(C(=O)NCCSC5CC(=O)N(CC6CCC(C(=O)Oc7c(F)c(F)c(F)c(F)c7F)CC6)C5O)cc3)CC4)cc2N=C(N)C1. The van der Waals surface area contributed by atoms with Gasteiger partial charge in [0, 0.05) is 98.8 Å². The summed E-state index contributed by atoms with van der Waals surface area (Å²) in [5, 5.41) is 16.5. The fraction of sp³-hybridized carbons (Fsp3) is 0.426. The molecule has 1 saturated heterocycles. The molecule has 0 spiro atoms. The summed E-state index contributed by atoms with van der Waals surface area (Å²) in [5.74, 6) is -15.2. The van der Waals surface area contributed by atoms with E-state index in [1.807, 2.05) is 43.0 Å². The number of nitrogens with one attached hydrogen (secondary N) is 2. The van der Waals surface area contributed by atoms with Crippen LogP contribution < -0.4 is 21.1 Å². The highest BCUT2D eigenvalue weighted by atomic mass is 32.2. The molecule has 1 aromatic heterocycles. The van der Waals surface area contributed by atoms with E-state index in [1.54, 1.807) is 36.5 Å². The average Bonchev–Trinajstić information content (AvgIpc) is 3.54. The number of anilines is 1. The maximum Gasteiger partial charge on any atom is 0.314 e. The van der Waals surface area contributed by atoms with E-state index in [0.29, 0.717) is 84.2 Å². The topological polar surface area (TPSA) is 200 Å². The second-order valence-corrected chi connectivity index (χ2v) is 20.7. The lowest BCUT2D eigenvalue weighted by atomic mass is 9.82. The normalized spacial score (nSPS) is 19.6. The molecule has 4 heterocycles. The first-order valence-corrected chi connectivity index (χ1v) is 26.2. The maximum atomic E-state index is 14.1. The number of amides is 4. The molecule has 15 nitrogen and oxygen atoms in total. The molecule has 8 rings (SSSR count). The second kappa shape index (κ2) is 24.3. The molecule has 5 N–H and O–H groups in total. The van der Waals surface area contributed by atoms with Gasteiger partial charge in [-0.15, -0.1) is 0 Å². The van der Waals surface area contributed by atoms with Crippen molar-refractivity contribution in [2.24, 2.45) is 22.6 Å². The van der Waals surface area contributed by atoms with E-state index < -0.39 is 58.2 Å². The van der Waals surface area contributed by atoms with Gasteiger partial charge in [-0.3, -0.25) is 33.9 Å². The number of amidine groups is 1. The highest BCUT2D eigenvalue weighted by molar-refractivity contribution is 8.00. The number of likely N-dealkylation sites (tertiary alicyclic amines) is 1. The Kier molecular flexibility index (Phi) is 17.7. The van der Waals surface area contributed by atoms with Gasteiger partial charge < -0.3 is 36.0 Å². The van der Waals surface area contributed by atoms with Crippen molar-refractivity contribution in [1.82, 2.24) is 25.0 Å². The Labute approximate surface area is 435 Å². The van der Waals surface area contributed by atoms with Crippen LogP contribution in [0.3, 0.4) is 0 Å². The third-order valence-electron chi connectivity index (χ3n) is 13.9. The lowest BCUT2D eigenvalue weighted by Gasteiger charge is -2.32. The number of esters is 1. The molecule has 4 amide bonds. The van der Waals surface area contributed by atoms with E-state index in [-0.39, 0.29) is 68.3 Å². The van der Waals surface area contributed by atoms with Crippen LogP contribution in [0.5, 0.6) is 5.75 Å². The number of thioether (sulfide) groups is 1. The standard InChI is InChI=1S/C54H59F5N8O7S/c1-3-17-66(18-4-2)52(71)36-21-34-13-14-35(23-40(34)64-42(60)24-36)51(70)63-38-22-37-29-65(19-15-39(37)62-26-38)27-30-5-9-32(10-6-30)50(69)61-16-20-75-41-25-43(68)67(53(41)72)28-31-7-11-33(12-8-31)54(73)74-49-47(58)45(56)44(55)46(57)48(49)59/h5-6,9-10,13-14,21-23,26,31,33,41,53,72H,3-4,7-8,11-12,15-20,24-25,27-29H2,1-2H3,(H2,60,64)(H,61,69)(H,63,70). The number of hydrogen-bond acceptors (Lipinski definition) is 12. The zero-order chi connectivity index (χ0) is 53.5. The van der Waals surface area contributed by atoms with Gasteiger partial charge in [0.1, 0.15) is 12.1 Å². The average molecular weight is 1060 g/mol. The molecule has 398 valence electrons.